The number of carboxylic acid groups (broad SMARTS) is 1. The van der Waals surface area contributed by atoms with Crippen molar-refractivity contribution in [3.63, 3.8) is 0 Å². The third kappa shape index (κ3) is 4.04. The second-order valence-electron chi connectivity index (χ2n) is 4.18. The van der Waals surface area contributed by atoms with E-state index in [0.29, 0.717) is 23.6 Å². The number of benzene rings is 1. The molecule has 0 radical (unpaired) electrons. The van der Waals surface area contributed by atoms with Crippen LogP contribution in [0.25, 0.3) is 0 Å². The summed E-state index contributed by atoms with van der Waals surface area (Å²) >= 11 is 5.83. The van der Waals surface area contributed by atoms with Gasteiger partial charge in [0.05, 0.1) is 0 Å². The average Bonchev–Trinajstić information content (AvgIpc) is 2.27. The van der Waals surface area contributed by atoms with Gasteiger partial charge >= 0.3 is 5.97 Å². The fourth-order valence-corrected chi connectivity index (χ4v) is 1.87. The summed E-state index contributed by atoms with van der Waals surface area (Å²) in [7, 11) is 1.66. The van der Waals surface area contributed by atoms with Crippen molar-refractivity contribution < 1.29 is 14.7 Å². The van der Waals surface area contributed by atoms with Gasteiger partial charge in [-0.15, -0.1) is 0 Å². The Bertz CT molecular complexity index is 460. The zero-order valence-electron chi connectivity index (χ0n) is 10.4. The van der Waals surface area contributed by atoms with Crippen molar-refractivity contribution in [3.05, 3.63) is 34.3 Å². The van der Waals surface area contributed by atoms with E-state index in [9.17, 15) is 9.59 Å². The van der Waals surface area contributed by atoms with Gasteiger partial charge < -0.3 is 10.0 Å². The molecule has 1 aromatic carbocycles. The lowest BCUT2D eigenvalue weighted by Gasteiger charge is -2.18. The molecule has 1 N–H and O–H groups in total. The molecule has 0 spiro atoms. The molecule has 0 aliphatic heterocycles. The average molecular weight is 270 g/mol. The summed E-state index contributed by atoms with van der Waals surface area (Å²) in [5, 5.41) is 9.13. The molecule has 0 aliphatic rings. The van der Waals surface area contributed by atoms with Gasteiger partial charge in [0.1, 0.15) is 0 Å². The van der Waals surface area contributed by atoms with Gasteiger partial charge in [-0.1, -0.05) is 11.6 Å². The number of carbonyl (C=O) groups excluding carboxylic acids is 1. The first-order valence-electron chi connectivity index (χ1n) is 5.65. The molecule has 1 rings (SSSR count). The standard InChI is InChI=1S/C13H16ClNO3/c1-9-8-10(14)5-6-11(9)13(18)15(2)7-3-4-12(16)17/h5-6,8H,3-4,7H2,1-2H3,(H,16,17). The predicted octanol–water partition coefficient (Wildman–Crippen LogP) is 2.59. The fourth-order valence-electron chi connectivity index (χ4n) is 1.64. The van der Waals surface area contributed by atoms with Gasteiger partial charge in [-0.3, -0.25) is 9.59 Å². The van der Waals surface area contributed by atoms with Crippen molar-refractivity contribution in [1.82, 2.24) is 4.90 Å². The molecule has 0 saturated carbocycles. The van der Waals surface area contributed by atoms with Crippen LogP contribution in [0.15, 0.2) is 18.2 Å². The van der Waals surface area contributed by atoms with E-state index in [2.05, 4.69) is 0 Å². The SMILES string of the molecule is Cc1cc(Cl)ccc1C(=O)N(C)CCCC(=O)O. The van der Waals surface area contributed by atoms with Crippen molar-refractivity contribution in [2.24, 2.45) is 0 Å². The van der Waals surface area contributed by atoms with Crippen molar-refractivity contribution in [2.75, 3.05) is 13.6 Å². The zero-order chi connectivity index (χ0) is 13.7. The number of hydrogen-bond donors (Lipinski definition) is 1. The Hall–Kier alpha value is -1.55. The van der Waals surface area contributed by atoms with Gasteiger partial charge in [0.25, 0.3) is 5.91 Å². The number of aliphatic carboxylic acids is 1. The summed E-state index contributed by atoms with van der Waals surface area (Å²) in [5.41, 5.74) is 1.41. The highest BCUT2D eigenvalue weighted by molar-refractivity contribution is 6.30. The van der Waals surface area contributed by atoms with Crippen molar-refractivity contribution in [2.45, 2.75) is 19.8 Å². The highest BCUT2D eigenvalue weighted by Crippen LogP contribution is 2.16. The topological polar surface area (TPSA) is 57.6 Å². The smallest absolute Gasteiger partial charge is 0.303 e. The second-order valence-corrected chi connectivity index (χ2v) is 4.62. The van der Waals surface area contributed by atoms with E-state index >= 15 is 0 Å². The monoisotopic (exact) mass is 269 g/mol. The maximum Gasteiger partial charge on any atom is 0.303 e. The van der Waals surface area contributed by atoms with E-state index < -0.39 is 5.97 Å². The second kappa shape index (κ2) is 6.40. The first-order valence-corrected chi connectivity index (χ1v) is 6.03. The van der Waals surface area contributed by atoms with Crippen LogP contribution in [0.1, 0.15) is 28.8 Å². The number of nitrogens with zero attached hydrogens (tertiary/aromatic N) is 1. The Morgan fingerprint density at radius 1 is 1.39 bits per heavy atom. The molecule has 18 heavy (non-hydrogen) atoms. The van der Waals surface area contributed by atoms with Gasteiger partial charge in [-0.2, -0.15) is 0 Å². The van der Waals surface area contributed by atoms with Crippen LogP contribution < -0.4 is 0 Å². The molecule has 0 saturated heterocycles. The van der Waals surface area contributed by atoms with Gasteiger partial charge in [0.15, 0.2) is 0 Å². The number of aryl methyl sites for hydroxylation is 1. The van der Waals surface area contributed by atoms with Crippen molar-refractivity contribution in [3.8, 4) is 0 Å². The summed E-state index contributed by atoms with van der Waals surface area (Å²) < 4.78 is 0. The van der Waals surface area contributed by atoms with E-state index in [1.54, 1.807) is 25.2 Å². The zero-order valence-corrected chi connectivity index (χ0v) is 11.2. The molecule has 0 fully saturated rings. The van der Waals surface area contributed by atoms with Gasteiger partial charge in [-0.25, -0.2) is 0 Å². The van der Waals surface area contributed by atoms with Crippen LogP contribution >= 0.6 is 11.6 Å². The molecule has 0 heterocycles. The minimum absolute atomic E-state index is 0.0667. The first kappa shape index (κ1) is 14.5. The molecule has 4 nitrogen and oxygen atoms in total. The van der Waals surface area contributed by atoms with E-state index in [0.717, 1.165) is 5.56 Å². The Balaban J connectivity index is 2.65. The minimum Gasteiger partial charge on any atom is -0.481 e. The van der Waals surface area contributed by atoms with Crippen LogP contribution in [0.4, 0.5) is 0 Å². The Kier molecular flexibility index (Phi) is 5.16. The third-order valence-electron chi connectivity index (χ3n) is 2.65. The first-order chi connectivity index (χ1) is 8.41. The van der Waals surface area contributed by atoms with Crippen LogP contribution in [0, 0.1) is 6.92 Å². The lowest BCUT2D eigenvalue weighted by molar-refractivity contribution is -0.137. The molecule has 1 aromatic rings. The third-order valence-corrected chi connectivity index (χ3v) is 2.88. The summed E-state index contributed by atoms with van der Waals surface area (Å²) in [4.78, 5) is 24.0. The Labute approximate surface area is 111 Å². The molecule has 98 valence electrons. The lowest BCUT2D eigenvalue weighted by Crippen LogP contribution is -2.28. The van der Waals surface area contributed by atoms with Crippen LogP contribution in [0.5, 0.6) is 0 Å². The highest BCUT2D eigenvalue weighted by atomic mass is 35.5. The van der Waals surface area contributed by atoms with Gasteiger partial charge in [0, 0.05) is 30.6 Å². The number of amides is 1. The summed E-state index contributed by atoms with van der Waals surface area (Å²) in [6, 6.07) is 5.10. The fraction of sp³-hybridized carbons (Fsp3) is 0.385. The van der Waals surface area contributed by atoms with E-state index in [1.165, 1.54) is 4.90 Å². The van der Waals surface area contributed by atoms with E-state index in [1.807, 2.05) is 6.92 Å². The van der Waals surface area contributed by atoms with Crippen molar-refractivity contribution >= 4 is 23.5 Å². The molecule has 0 unspecified atom stereocenters. The predicted molar refractivity (Wildman–Crippen MR) is 70.0 cm³/mol. The summed E-state index contributed by atoms with van der Waals surface area (Å²) in [5.74, 6) is -0.965. The van der Waals surface area contributed by atoms with Crippen molar-refractivity contribution in [1.29, 1.82) is 0 Å². The normalized spacial score (nSPS) is 10.2. The Morgan fingerprint density at radius 2 is 2.06 bits per heavy atom. The molecule has 1 amide bonds. The number of halogens is 1. The molecule has 0 bridgehead atoms. The summed E-state index contributed by atoms with van der Waals surface area (Å²) in [6.45, 7) is 2.25. The molecule has 0 atom stereocenters. The van der Waals surface area contributed by atoms with E-state index in [4.69, 9.17) is 16.7 Å². The number of carboxylic acids is 1. The van der Waals surface area contributed by atoms with E-state index in [-0.39, 0.29) is 12.3 Å². The molecular weight excluding hydrogens is 254 g/mol. The molecule has 5 heteroatoms. The number of carbonyl (C=O) groups is 2. The Morgan fingerprint density at radius 3 is 2.61 bits per heavy atom. The summed E-state index contributed by atoms with van der Waals surface area (Å²) in [6.07, 6.45) is 0.515. The minimum atomic E-state index is -0.849. The van der Waals surface area contributed by atoms with Crippen LogP contribution in [-0.4, -0.2) is 35.5 Å². The number of rotatable bonds is 5. The number of hydrogen-bond acceptors (Lipinski definition) is 2. The molecular formula is C13H16ClNO3. The van der Waals surface area contributed by atoms with Crippen LogP contribution in [-0.2, 0) is 4.79 Å². The van der Waals surface area contributed by atoms with Crippen LogP contribution in [0.3, 0.4) is 0 Å². The maximum absolute atomic E-state index is 12.1. The van der Waals surface area contributed by atoms with Crippen LogP contribution in [0.2, 0.25) is 5.02 Å². The molecule has 0 aliphatic carbocycles. The lowest BCUT2D eigenvalue weighted by atomic mass is 10.1. The maximum atomic E-state index is 12.1. The quantitative estimate of drug-likeness (QED) is 0.894. The largest absolute Gasteiger partial charge is 0.481 e. The van der Waals surface area contributed by atoms with Gasteiger partial charge in [-0.05, 0) is 37.1 Å². The highest BCUT2D eigenvalue weighted by Gasteiger charge is 2.14. The van der Waals surface area contributed by atoms with Gasteiger partial charge in [0.2, 0.25) is 0 Å². The molecule has 0 aromatic heterocycles.